The number of likely N-dealkylation sites (N-methyl/N-ethyl adjacent to an activating group) is 1. The maximum Gasteiger partial charge on any atom is 0.255 e. The van der Waals surface area contributed by atoms with Crippen LogP contribution in [0.15, 0.2) is 63.5 Å². The lowest BCUT2D eigenvalue weighted by molar-refractivity contribution is 0.0827. The first kappa shape index (κ1) is 21.3. The maximum absolute atomic E-state index is 12.1. The van der Waals surface area contributed by atoms with Gasteiger partial charge in [-0.05, 0) is 42.8 Å². The Morgan fingerprint density at radius 1 is 1.27 bits per heavy atom. The summed E-state index contributed by atoms with van der Waals surface area (Å²) >= 11 is 1.51. The molecule has 0 fully saturated rings. The second-order valence-corrected chi connectivity index (χ2v) is 7.85. The van der Waals surface area contributed by atoms with Crippen LogP contribution in [0.25, 0.3) is 0 Å². The Bertz CT molecular complexity index is 1010. The van der Waals surface area contributed by atoms with Crippen molar-refractivity contribution in [2.75, 3.05) is 21.1 Å². The molecule has 3 rings (SSSR count). The van der Waals surface area contributed by atoms with E-state index in [0.717, 1.165) is 10.4 Å². The minimum absolute atomic E-state index is 0.0334. The molecule has 1 aromatic carbocycles. The lowest BCUT2D eigenvalue weighted by Gasteiger charge is -2.29. The first-order valence-corrected chi connectivity index (χ1v) is 10.1. The first-order chi connectivity index (χ1) is 14.3. The second-order valence-electron chi connectivity index (χ2n) is 6.90. The van der Waals surface area contributed by atoms with Gasteiger partial charge in [-0.15, -0.1) is 16.4 Å². The quantitative estimate of drug-likeness (QED) is 0.550. The maximum atomic E-state index is 12.1. The Hall–Kier alpha value is -3.46. The summed E-state index contributed by atoms with van der Waals surface area (Å²) < 4.78 is 5.88. The molecule has 1 amide bonds. The van der Waals surface area contributed by atoms with E-state index in [4.69, 9.17) is 10.1 Å². The lowest BCUT2D eigenvalue weighted by atomic mass is 10.0. The number of nitrogens with zero attached hydrogens (tertiary/aromatic N) is 4. The van der Waals surface area contributed by atoms with E-state index >= 15 is 0 Å². The Morgan fingerprint density at radius 2 is 1.97 bits per heavy atom. The molecule has 2 aromatic rings. The predicted octanol–water partition coefficient (Wildman–Crippen LogP) is 3.27. The molecule has 1 aromatic heterocycles. The van der Waals surface area contributed by atoms with Gasteiger partial charge in [0.05, 0.1) is 10.9 Å². The Kier molecular flexibility index (Phi) is 6.31. The molecule has 30 heavy (non-hydrogen) atoms. The molecule has 2 N–H and O–H groups in total. The molecule has 156 valence electrons. The lowest BCUT2D eigenvalue weighted by Crippen LogP contribution is -2.29. The van der Waals surface area contributed by atoms with Crippen molar-refractivity contribution in [1.82, 2.24) is 15.2 Å². The van der Waals surface area contributed by atoms with Crippen molar-refractivity contribution < 1.29 is 9.53 Å². The highest BCUT2D eigenvalue weighted by atomic mass is 32.1. The highest BCUT2D eigenvalue weighted by Crippen LogP contribution is 2.27. The number of hydrogen-bond donors (Lipinski definition) is 2. The van der Waals surface area contributed by atoms with E-state index in [1.54, 1.807) is 31.1 Å². The minimum atomic E-state index is -0.130. The fourth-order valence-electron chi connectivity index (χ4n) is 2.94. The average molecular weight is 425 g/mol. The Morgan fingerprint density at radius 3 is 2.53 bits per heavy atom. The summed E-state index contributed by atoms with van der Waals surface area (Å²) in [5, 5.41) is 14.4. The molecule has 1 aliphatic rings. The Labute approximate surface area is 179 Å². The summed E-state index contributed by atoms with van der Waals surface area (Å²) in [5.74, 6) is 0.685. The monoisotopic (exact) mass is 424 g/mol. The third-order valence-corrected chi connectivity index (χ3v) is 5.62. The van der Waals surface area contributed by atoms with Crippen molar-refractivity contribution >= 4 is 35.7 Å². The van der Waals surface area contributed by atoms with Crippen LogP contribution >= 0.6 is 11.3 Å². The third-order valence-electron chi connectivity index (χ3n) is 4.77. The summed E-state index contributed by atoms with van der Waals surface area (Å²) in [6, 6.07) is 11.1. The Balaban J connectivity index is 1.86. The fourth-order valence-corrected chi connectivity index (χ4v) is 3.59. The third kappa shape index (κ3) is 4.25. The molecule has 0 aliphatic carbocycles. The summed E-state index contributed by atoms with van der Waals surface area (Å²) in [7, 11) is 5.29. The van der Waals surface area contributed by atoms with Crippen molar-refractivity contribution in [1.29, 1.82) is 5.41 Å². The second kappa shape index (κ2) is 8.91. The van der Waals surface area contributed by atoms with E-state index in [1.807, 2.05) is 48.5 Å². The van der Waals surface area contributed by atoms with E-state index in [-0.39, 0.29) is 17.8 Å². The van der Waals surface area contributed by atoms with E-state index in [2.05, 4.69) is 22.2 Å². The molecule has 2 heterocycles. The highest BCUT2D eigenvalue weighted by molar-refractivity contribution is 7.12. The van der Waals surface area contributed by atoms with Gasteiger partial charge in [0, 0.05) is 26.7 Å². The van der Waals surface area contributed by atoms with Gasteiger partial charge < -0.3 is 14.5 Å². The summed E-state index contributed by atoms with van der Waals surface area (Å²) in [4.78, 5) is 20.2. The van der Waals surface area contributed by atoms with Crippen LogP contribution in [0.5, 0.6) is 0 Å². The van der Waals surface area contributed by atoms with Gasteiger partial charge in [-0.1, -0.05) is 18.2 Å². The molecule has 0 spiro atoms. The molecule has 1 aliphatic heterocycles. The van der Waals surface area contributed by atoms with E-state index in [9.17, 15) is 4.79 Å². The van der Waals surface area contributed by atoms with Crippen molar-refractivity contribution in [3.63, 3.8) is 0 Å². The molecule has 9 heteroatoms. The molecule has 0 saturated heterocycles. The number of rotatable bonds is 6. The zero-order chi connectivity index (χ0) is 21.8. The number of amidine groups is 1. The number of nitrogens with one attached hydrogen (secondary N) is 2. The number of hydrazone groups is 1. The van der Waals surface area contributed by atoms with E-state index in [1.165, 1.54) is 11.3 Å². The molecule has 0 saturated carbocycles. The number of thiophene rings is 1. The van der Waals surface area contributed by atoms with Crippen LogP contribution in [0.3, 0.4) is 0 Å². The van der Waals surface area contributed by atoms with Crippen molar-refractivity contribution in [2.45, 2.75) is 13.0 Å². The topological polar surface area (TPSA) is 93.4 Å². The summed E-state index contributed by atoms with van der Waals surface area (Å²) in [6.45, 7) is 5.48. The van der Waals surface area contributed by atoms with Crippen molar-refractivity contribution in [3.8, 4) is 0 Å². The van der Waals surface area contributed by atoms with Gasteiger partial charge in [0.15, 0.2) is 5.84 Å². The first-order valence-electron chi connectivity index (χ1n) is 9.23. The average Bonchev–Trinajstić information content (AvgIpc) is 3.44. The van der Waals surface area contributed by atoms with Gasteiger partial charge in [-0.2, -0.15) is 0 Å². The molecule has 0 bridgehead atoms. The van der Waals surface area contributed by atoms with Crippen LogP contribution in [0.4, 0.5) is 0 Å². The minimum Gasteiger partial charge on any atom is -0.416 e. The number of carbonyl (C=O) groups is 1. The number of hydrogen-bond acceptors (Lipinski definition) is 7. The normalized spacial score (nSPS) is 15.4. The van der Waals surface area contributed by atoms with Crippen LogP contribution in [0, 0.1) is 5.41 Å². The molecular formula is C21H24N6O2S. The van der Waals surface area contributed by atoms with E-state index < -0.39 is 0 Å². The summed E-state index contributed by atoms with van der Waals surface area (Å²) in [6.07, 6.45) is 0. The summed E-state index contributed by atoms with van der Waals surface area (Å²) in [5.41, 5.74) is 4.89. The number of carbonyl (C=O) groups excluding carboxylic acids is 1. The number of benzene rings is 1. The largest absolute Gasteiger partial charge is 0.416 e. The van der Waals surface area contributed by atoms with Crippen molar-refractivity contribution in [2.24, 2.45) is 10.1 Å². The van der Waals surface area contributed by atoms with Crippen LogP contribution in [-0.2, 0) is 4.74 Å². The SMILES string of the molecule is C=NC(=N)C(=C1NN=C(c2cccs2)O1)N(C)C(C)c1ccc(C(=O)N(C)C)cc1. The van der Waals surface area contributed by atoms with Gasteiger partial charge in [0.1, 0.15) is 5.70 Å². The molecule has 1 atom stereocenters. The van der Waals surface area contributed by atoms with Gasteiger partial charge in [-0.25, -0.2) is 10.4 Å². The number of amides is 1. The highest BCUT2D eigenvalue weighted by Gasteiger charge is 2.27. The van der Waals surface area contributed by atoms with Crippen molar-refractivity contribution in [3.05, 3.63) is 69.4 Å². The van der Waals surface area contributed by atoms with Gasteiger partial charge in [-0.3, -0.25) is 10.2 Å². The van der Waals surface area contributed by atoms with E-state index in [0.29, 0.717) is 23.0 Å². The number of ether oxygens (including phenoxy) is 1. The molecule has 8 nitrogen and oxygen atoms in total. The molecule has 1 unspecified atom stereocenters. The van der Waals surface area contributed by atoms with Crippen LogP contribution in [0.2, 0.25) is 0 Å². The van der Waals surface area contributed by atoms with Gasteiger partial charge in [0.2, 0.25) is 5.88 Å². The van der Waals surface area contributed by atoms with Crippen LogP contribution in [0.1, 0.15) is 33.8 Å². The molecular weight excluding hydrogens is 400 g/mol. The fraction of sp³-hybridized carbons (Fsp3) is 0.238. The van der Waals surface area contributed by atoms with Gasteiger partial charge >= 0.3 is 0 Å². The van der Waals surface area contributed by atoms with Crippen LogP contribution in [-0.4, -0.2) is 55.3 Å². The predicted molar refractivity (Wildman–Crippen MR) is 120 cm³/mol. The zero-order valence-electron chi connectivity index (χ0n) is 17.3. The van der Waals surface area contributed by atoms with Gasteiger partial charge in [0.25, 0.3) is 11.8 Å². The van der Waals surface area contributed by atoms with Crippen LogP contribution < -0.4 is 5.43 Å². The number of aliphatic imine (C=N–C) groups is 1. The standard InChI is InChI=1S/C21H24N6O2S/c1-13(14-8-10-15(11-9-14)21(28)26(3)4)27(5)17(18(22)23-2)20-25-24-19(29-20)16-7-6-12-30-16/h6-13,22,25H,2H2,1,3-5H3. The molecule has 0 radical (unpaired) electrons. The smallest absolute Gasteiger partial charge is 0.255 e. The zero-order valence-corrected chi connectivity index (χ0v) is 18.2.